The smallest absolute Gasteiger partial charge is 0.272 e. The largest absolute Gasteiger partial charge is 0.327 e. The number of pyridine rings is 1. The number of nitrogens with zero attached hydrogens (tertiary/aromatic N) is 4. The van der Waals surface area contributed by atoms with E-state index in [1.165, 1.54) is 12.1 Å². The standard InChI is InChI=1S/C18H15FN4O/c1-22-17(9-15(21-22)12-4-6-14(19)7-5-12)18(24)23-10-13-3-2-8-20-16(13)11-23/h2-9H,10-11H2,1H3. The molecule has 0 saturated heterocycles. The van der Waals surface area contributed by atoms with Gasteiger partial charge in [-0.15, -0.1) is 0 Å². The minimum atomic E-state index is -0.298. The van der Waals surface area contributed by atoms with Crippen molar-refractivity contribution in [2.75, 3.05) is 0 Å². The Morgan fingerprint density at radius 1 is 1.17 bits per heavy atom. The maximum absolute atomic E-state index is 13.1. The van der Waals surface area contributed by atoms with Gasteiger partial charge in [0.2, 0.25) is 0 Å². The van der Waals surface area contributed by atoms with Crippen LogP contribution in [0.15, 0.2) is 48.7 Å². The fraction of sp³-hybridized carbons (Fsp3) is 0.167. The topological polar surface area (TPSA) is 51.0 Å². The molecule has 0 aliphatic carbocycles. The van der Waals surface area contributed by atoms with Crippen LogP contribution in [0.5, 0.6) is 0 Å². The molecule has 1 amide bonds. The van der Waals surface area contributed by atoms with E-state index in [1.54, 1.807) is 41.0 Å². The Morgan fingerprint density at radius 2 is 1.96 bits per heavy atom. The van der Waals surface area contributed by atoms with E-state index >= 15 is 0 Å². The molecular formula is C18H15FN4O. The van der Waals surface area contributed by atoms with E-state index in [0.29, 0.717) is 24.5 Å². The summed E-state index contributed by atoms with van der Waals surface area (Å²) in [5.74, 6) is -0.385. The summed E-state index contributed by atoms with van der Waals surface area (Å²) in [4.78, 5) is 18.9. The van der Waals surface area contributed by atoms with Gasteiger partial charge in [0.15, 0.2) is 0 Å². The lowest BCUT2D eigenvalue weighted by Crippen LogP contribution is -2.27. The summed E-state index contributed by atoms with van der Waals surface area (Å²) in [6.07, 6.45) is 1.74. The fourth-order valence-electron chi connectivity index (χ4n) is 2.93. The molecule has 0 saturated carbocycles. The number of amides is 1. The van der Waals surface area contributed by atoms with Crippen molar-refractivity contribution in [3.05, 3.63) is 71.4 Å². The molecule has 0 atom stereocenters. The first kappa shape index (κ1) is 14.6. The highest BCUT2D eigenvalue weighted by atomic mass is 19.1. The summed E-state index contributed by atoms with van der Waals surface area (Å²) in [5.41, 5.74) is 3.94. The van der Waals surface area contributed by atoms with Crippen LogP contribution in [0.4, 0.5) is 4.39 Å². The SMILES string of the molecule is Cn1nc(-c2ccc(F)cc2)cc1C(=O)N1Cc2cccnc2C1. The molecule has 1 aliphatic heterocycles. The summed E-state index contributed by atoms with van der Waals surface area (Å²) in [6.45, 7) is 1.06. The molecule has 0 bridgehead atoms. The summed E-state index contributed by atoms with van der Waals surface area (Å²) >= 11 is 0. The molecule has 3 aromatic rings. The van der Waals surface area contributed by atoms with E-state index < -0.39 is 0 Å². The average Bonchev–Trinajstić information content (AvgIpc) is 3.18. The highest BCUT2D eigenvalue weighted by Gasteiger charge is 2.27. The molecule has 0 radical (unpaired) electrons. The lowest BCUT2D eigenvalue weighted by atomic mass is 10.1. The van der Waals surface area contributed by atoms with Gasteiger partial charge >= 0.3 is 0 Å². The number of benzene rings is 1. The Hall–Kier alpha value is -3.02. The molecule has 0 N–H and O–H groups in total. The highest BCUT2D eigenvalue weighted by molar-refractivity contribution is 5.94. The van der Waals surface area contributed by atoms with Gasteiger partial charge in [0.05, 0.1) is 17.9 Å². The number of carbonyl (C=O) groups is 1. The first-order valence-corrected chi connectivity index (χ1v) is 7.64. The minimum Gasteiger partial charge on any atom is -0.327 e. The average molecular weight is 322 g/mol. The lowest BCUT2D eigenvalue weighted by Gasteiger charge is -2.14. The van der Waals surface area contributed by atoms with Crippen molar-refractivity contribution in [3.63, 3.8) is 0 Å². The van der Waals surface area contributed by atoms with Crippen LogP contribution in [0.3, 0.4) is 0 Å². The van der Waals surface area contributed by atoms with Crippen LogP contribution < -0.4 is 0 Å². The zero-order valence-electron chi connectivity index (χ0n) is 13.1. The van der Waals surface area contributed by atoms with Crippen LogP contribution in [0.1, 0.15) is 21.7 Å². The van der Waals surface area contributed by atoms with Crippen molar-refractivity contribution in [1.29, 1.82) is 0 Å². The molecule has 120 valence electrons. The van der Waals surface area contributed by atoms with Crippen molar-refractivity contribution in [2.45, 2.75) is 13.1 Å². The molecule has 24 heavy (non-hydrogen) atoms. The molecule has 1 aromatic carbocycles. The van der Waals surface area contributed by atoms with E-state index in [9.17, 15) is 9.18 Å². The number of halogens is 1. The van der Waals surface area contributed by atoms with Gasteiger partial charge in [-0.05, 0) is 42.0 Å². The molecule has 6 heteroatoms. The molecule has 5 nitrogen and oxygen atoms in total. The van der Waals surface area contributed by atoms with Crippen molar-refractivity contribution >= 4 is 5.91 Å². The maximum atomic E-state index is 13.1. The van der Waals surface area contributed by atoms with Crippen LogP contribution in [0.2, 0.25) is 0 Å². The van der Waals surface area contributed by atoms with Gasteiger partial charge in [-0.25, -0.2) is 4.39 Å². The fourth-order valence-corrected chi connectivity index (χ4v) is 2.93. The zero-order chi connectivity index (χ0) is 16.7. The molecule has 1 aliphatic rings. The molecule has 0 unspecified atom stereocenters. The molecule has 0 fully saturated rings. The Balaban J connectivity index is 1.61. The summed E-state index contributed by atoms with van der Waals surface area (Å²) in [7, 11) is 1.74. The van der Waals surface area contributed by atoms with Crippen molar-refractivity contribution in [2.24, 2.45) is 7.05 Å². The monoisotopic (exact) mass is 322 g/mol. The van der Waals surface area contributed by atoms with E-state index in [0.717, 1.165) is 16.8 Å². The van der Waals surface area contributed by atoms with Gasteiger partial charge in [-0.3, -0.25) is 14.5 Å². The van der Waals surface area contributed by atoms with Gasteiger partial charge in [0.1, 0.15) is 11.5 Å². The van der Waals surface area contributed by atoms with E-state index in [4.69, 9.17) is 0 Å². The van der Waals surface area contributed by atoms with Crippen molar-refractivity contribution in [1.82, 2.24) is 19.7 Å². The number of aromatic nitrogens is 3. The van der Waals surface area contributed by atoms with Crippen LogP contribution in [0.25, 0.3) is 11.3 Å². The third-order valence-corrected chi connectivity index (χ3v) is 4.21. The molecule has 4 rings (SSSR count). The van der Waals surface area contributed by atoms with E-state index in [1.807, 2.05) is 12.1 Å². The highest BCUT2D eigenvalue weighted by Crippen LogP contribution is 2.24. The molecular weight excluding hydrogens is 307 g/mol. The van der Waals surface area contributed by atoms with Gasteiger partial charge in [0, 0.05) is 25.4 Å². The Labute approximate surface area is 138 Å². The minimum absolute atomic E-state index is 0.0867. The Kier molecular flexibility index (Phi) is 3.37. The van der Waals surface area contributed by atoms with Crippen molar-refractivity contribution in [3.8, 4) is 11.3 Å². The predicted molar refractivity (Wildman–Crippen MR) is 86.4 cm³/mol. The number of rotatable bonds is 2. The lowest BCUT2D eigenvalue weighted by molar-refractivity contribution is 0.0739. The number of hydrogen-bond acceptors (Lipinski definition) is 3. The number of hydrogen-bond donors (Lipinski definition) is 0. The number of carbonyl (C=O) groups excluding carboxylic acids is 1. The van der Waals surface area contributed by atoms with Gasteiger partial charge in [0.25, 0.3) is 5.91 Å². The van der Waals surface area contributed by atoms with Crippen molar-refractivity contribution < 1.29 is 9.18 Å². The maximum Gasteiger partial charge on any atom is 0.272 e. The van der Waals surface area contributed by atoms with Crippen LogP contribution >= 0.6 is 0 Å². The first-order valence-electron chi connectivity index (χ1n) is 7.64. The third-order valence-electron chi connectivity index (χ3n) is 4.21. The second kappa shape index (κ2) is 5.56. The molecule has 2 aromatic heterocycles. The zero-order valence-corrected chi connectivity index (χ0v) is 13.1. The van der Waals surface area contributed by atoms with Gasteiger partial charge in [-0.1, -0.05) is 6.07 Å². The third kappa shape index (κ3) is 2.46. The summed E-state index contributed by atoms with van der Waals surface area (Å²) < 4.78 is 14.6. The van der Waals surface area contributed by atoms with Crippen LogP contribution in [-0.2, 0) is 20.1 Å². The molecule has 0 spiro atoms. The summed E-state index contributed by atoms with van der Waals surface area (Å²) in [5, 5.41) is 4.38. The number of aryl methyl sites for hydroxylation is 1. The van der Waals surface area contributed by atoms with Crippen LogP contribution in [-0.4, -0.2) is 25.6 Å². The molecule has 3 heterocycles. The second-order valence-corrected chi connectivity index (χ2v) is 5.82. The normalized spacial score (nSPS) is 13.2. The first-order chi connectivity index (χ1) is 11.6. The second-order valence-electron chi connectivity index (χ2n) is 5.82. The predicted octanol–water partition coefficient (Wildman–Crippen LogP) is 2.78. The van der Waals surface area contributed by atoms with E-state index in [-0.39, 0.29) is 11.7 Å². The van der Waals surface area contributed by atoms with Gasteiger partial charge in [-0.2, -0.15) is 5.10 Å². The Bertz CT molecular complexity index is 892. The quantitative estimate of drug-likeness (QED) is 0.729. The van der Waals surface area contributed by atoms with Gasteiger partial charge < -0.3 is 4.90 Å². The Morgan fingerprint density at radius 3 is 2.71 bits per heavy atom. The van der Waals surface area contributed by atoms with Crippen LogP contribution in [0, 0.1) is 5.82 Å². The summed E-state index contributed by atoms with van der Waals surface area (Å²) in [6, 6.07) is 11.7. The van der Waals surface area contributed by atoms with E-state index in [2.05, 4.69) is 10.1 Å². The number of fused-ring (bicyclic) bond motifs is 1.